The lowest BCUT2D eigenvalue weighted by Gasteiger charge is -2.50. The van der Waals surface area contributed by atoms with Gasteiger partial charge in [0, 0.05) is 23.5 Å². The van der Waals surface area contributed by atoms with Crippen molar-refractivity contribution < 1.29 is 39.6 Å². The lowest BCUT2D eigenvalue weighted by molar-refractivity contribution is -0.153. The van der Waals surface area contributed by atoms with Crippen molar-refractivity contribution in [2.24, 2.45) is 17.6 Å². The number of aliphatic hydroxyl groups is 3. The Kier molecular flexibility index (Phi) is 5.41. The van der Waals surface area contributed by atoms with Gasteiger partial charge in [-0.2, -0.15) is 0 Å². The summed E-state index contributed by atoms with van der Waals surface area (Å²) < 4.78 is 0. The molecule has 3 aliphatic carbocycles. The fraction of sp³-hybridized carbons (Fsp3) is 0.417. The number of nitrogens with two attached hydrogens (primary N) is 1. The summed E-state index contributed by atoms with van der Waals surface area (Å²) in [7, 11) is 3.06. The van der Waals surface area contributed by atoms with Gasteiger partial charge < -0.3 is 26.2 Å². The summed E-state index contributed by atoms with van der Waals surface area (Å²) in [5.41, 5.74) is 2.09. The van der Waals surface area contributed by atoms with Gasteiger partial charge in [-0.15, -0.1) is 0 Å². The Hall–Kier alpha value is -3.50. The molecule has 0 aromatic heterocycles. The summed E-state index contributed by atoms with van der Waals surface area (Å²) in [5, 5.41) is 43.8. The average Bonchev–Trinajstić information content (AvgIpc) is 2.75. The lowest BCUT2D eigenvalue weighted by Crippen LogP contribution is -2.65. The Labute approximate surface area is 195 Å². The number of carbonyl (C=O) groups is 4. The van der Waals surface area contributed by atoms with Crippen LogP contribution < -0.4 is 5.73 Å². The molecule has 180 valence electrons. The van der Waals surface area contributed by atoms with Crippen molar-refractivity contribution in [2.45, 2.75) is 37.8 Å². The first-order valence-electron chi connectivity index (χ1n) is 10.9. The summed E-state index contributed by atoms with van der Waals surface area (Å²) in [4.78, 5) is 52.6. The third-order valence-corrected chi connectivity index (χ3v) is 7.23. The SMILES string of the molecule is CCC(=O)c1ccc(O)c2c1CC1CC3C(N(C)C)C(=O)C(C(N)=O)=C(O)[C@@]3(O)C(=O)C1=C2O. The number of primary amides is 1. The standard InChI is InChI=1S/C24H26N2O8/c1-4-13(27)10-5-6-14(28)16-11(10)7-9-8-12-18(26(2)3)20(30)17(23(25)33)22(32)24(12,34)21(31)15(9)19(16)29/h5-6,9,12,18,28-29,32,34H,4,7-8H2,1-3H3,(H2,25,33)/t9?,12?,18?,24-/m0/s1. The third kappa shape index (κ3) is 2.95. The van der Waals surface area contributed by atoms with Crippen molar-refractivity contribution in [3.63, 3.8) is 0 Å². The molecule has 10 heteroatoms. The summed E-state index contributed by atoms with van der Waals surface area (Å²) in [5.74, 6) is -7.37. The molecule has 1 saturated carbocycles. The van der Waals surface area contributed by atoms with Crippen LogP contribution in [0.4, 0.5) is 0 Å². The predicted octanol–water partition coefficient (Wildman–Crippen LogP) is 0.557. The van der Waals surface area contributed by atoms with Gasteiger partial charge in [-0.3, -0.25) is 24.1 Å². The maximum Gasteiger partial charge on any atom is 0.255 e. The van der Waals surface area contributed by atoms with E-state index < -0.39 is 58.0 Å². The molecular formula is C24H26N2O8. The number of rotatable bonds is 4. The number of aliphatic hydroxyl groups excluding tert-OH is 2. The van der Waals surface area contributed by atoms with E-state index in [-0.39, 0.29) is 41.9 Å². The van der Waals surface area contributed by atoms with Crippen LogP contribution in [0.1, 0.15) is 41.3 Å². The smallest absolute Gasteiger partial charge is 0.255 e. The number of amides is 1. The number of likely N-dealkylation sites (N-methyl/N-ethyl adjacent to an activating group) is 1. The number of nitrogens with zero attached hydrogens (tertiary/aromatic N) is 1. The van der Waals surface area contributed by atoms with Crippen LogP contribution in [0.15, 0.2) is 29.0 Å². The molecule has 0 heterocycles. The summed E-state index contributed by atoms with van der Waals surface area (Å²) in [6, 6.07) is 1.55. The number of fused-ring (bicyclic) bond motifs is 3. The van der Waals surface area contributed by atoms with Crippen molar-refractivity contribution in [1.82, 2.24) is 4.90 Å². The molecule has 1 amide bonds. The van der Waals surface area contributed by atoms with Crippen molar-refractivity contribution in [3.8, 4) is 5.75 Å². The minimum absolute atomic E-state index is 0.0266. The molecule has 4 rings (SSSR count). The van der Waals surface area contributed by atoms with Crippen LogP contribution in [0, 0.1) is 11.8 Å². The molecule has 3 unspecified atom stereocenters. The number of phenols is 1. The van der Waals surface area contributed by atoms with Crippen molar-refractivity contribution >= 4 is 29.0 Å². The maximum absolute atomic E-state index is 13.7. The van der Waals surface area contributed by atoms with Crippen LogP contribution in [0.25, 0.3) is 5.76 Å². The molecule has 0 saturated heterocycles. The van der Waals surface area contributed by atoms with Crippen molar-refractivity contribution in [2.75, 3.05) is 14.1 Å². The second-order valence-electron chi connectivity index (χ2n) is 9.22. The molecule has 0 bridgehead atoms. The quantitative estimate of drug-likeness (QED) is 0.310. The van der Waals surface area contributed by atoms with Gasteiger partial charge in [0.1, 0.15) is 22.8 Å². The fourth-order valence-electron chi connectivity index (χ4n) is 5.70. The molecule has 10 nitrogen and oxygen atoms in total. The van der Waals surface area contributed by atoms with E-state index in [1.165, 1.54) is 31.1 Å². The van der Waals surface area contributed by atoms with Gasteiger partial charge in [0.25, 0.3) is 5.91 Å². The van der Waals surface area contributed by atoms with E-state index in [2.05, 4.69) is 0 Å². The van der Waals surface area contributed by atoms with E-state index >= 15 is 0 Å². The topological polar surface area (TPSA) is 178 Å². The summed E-state index contributed by atoms with van der Waals surface area (Å²) in [6.07, 6.45) is 0.247. The van der Waals surface area contributed by atoms with Crippen LogP contribution >= 0.6 is 0 Å². The maximum atomic E-state index is 13.7. The van der Waals surface area contributed by atoms with Crippen molar-refractivity contribution in [1.29, 1.82) is 0 Å². The van der Waals surface area contributed by atoms with E-state index in [9.17, 15) is 39.6 Å². The highest BCUT2D eigenvalue weighted by Gasteiger charge is 2.64. The molecule has 0 spiro atoms. The lowest BCUT2D eigenvalue weighted by atomic mass is 9.57. The molecule has 4 atom stereocenters. The number of aromatic hydroxyl groups is 1. The predicted molar refractivity (Wildman–Crippen MR) is 119 cm³/mol. The summed E-state index contributed by atoms with van der Waals surface area (Å²) in [6.45, 7) is 1.68. The molecule has 1 aromatic carbocycles. The van der Waals surface area contributed by atoms with Gasteiger partial charge in [-0.1, -0.05) is 6.92 Å². The normalized spacial score (nSPS) is 28.6. The highest BCUT2D eigenvalue weighted by molar-refractivity contribution is 6.24. The Morgan fingerprint density at radius 1 is 1.18 bits per heavy atom. The molecule has 0 aliphatic heterocycles. The van der Waals surface area contributed by atoms with Crippen molar-refractivity contribution in [3.05, 3.63) is 45.7 Å². The number of carbonyl (C=O) groups excluding carboxylic acids is 4. The number of Topliss-reactive ketones (excluding diaryl/α,β-unsaturated/α-hetero) is 3. The van der Waals surface area contributed by atoms with Gasteiger partial charge in [-0.05, 0) is 50.6 Å². The van der Waals surface area contributed by atoms with E-state index in [1.807, 2.05) is 0 Å². The summed E-state index contributed by atoms with van der Waals surface area (Å²) >= 11 is 0. The third-order valence-electron chi connectivity index (χ3n) is 7.23. The van der Waals surface area contributed by atoms with Crippen LogP contribution in [0.3, 0.4) is 0 Å². The zero-order valence-corrected chi connectivity index (χ0v) is 19.0. The molecule has 1 fully saturated rings. The second kappa shape index (κ2) is 7.78. The monoisotopic (exact) mass is 470 g/mol. The first-order chi connectivity index (χ1) is 15.9. The van der Waals surface area contributed by atoms with Crippen LogP contribution in [-0.4, -0.2) is 74.3 Å². The van der Waals surface area contributed by atoms with E-state index in [1.54, 1.807) is 6.92 Å². The van der Waals surface area contributed by atoms with Gasteiger partial charge in [0.05, 0.1) is 11.6 Å². The first-order valence-corrected chi connectivity index (χ1v) is 10.9. The first kappa shape index (κ1) is 23.7. The Morgan fingerprint density at radius 2 is 1.82 bits per heavy atom. The highest BCUT2D eigenvalue weighted by atomic mass is 16.3. The Morgan fingerprint density at radius 3 is 2.38 bits per heavy atom. The van der Waals surface area contributed by atoms with Crippen LogP contribution in [0.5, 0.6) is 5.75 Å². The van der Waals surface area contributed by atoms with Gasteiger partial charge >= 0.3 is 0 Å². The van der Waals surface area contributed by atoms with E-state index in [0.717, 1.165) is 0 Å². The average molecular weight is 470 g/mol. The molecule has 6 N–H and O–H groups in total. The number of benzene rings is 1. The van der Waals surface area contributed by atoms with Gasteiger partial charge in [-0.25, -0.2) is 0 Å². The highest BCUT2D eigenvalue weighted by Crippen LogP contribution is 2.52. The van der Waals surface area contributed by atoms with E-state index in [0.29, 0.717) is 11.1 Å². The van der Waals surface area contributed by atoms with Gasteiger partial charge in [0.15, 0.2) is 17.2 Å². The van der Waals surface area contributed by atoms with Crippen LogP contribution in [0.2, 0.25) is 0 Å². The number of hydrogen-bond donors (Lipinski definition) is 5. The minimum Gasteiger partial charge on any atom is -0.508 e. The Balaban J connectivity index is 1.99. The Bertz CT molecular complexity index is 1230. The molecule has 34 heavy (non-hydrogen) atoms. The zero-order chi connectivity index (χ0) is 25.3. The number of hydrogen-bond acceptors (Lipinski definition) is 9. The zero-order valence-electron chi connectivity index (χ0n) is 19.0. The number of phenolic OH excluding ortho intramolecular Hbond substituents is 1. The van der Waals surface area contributed by atoms with Crippen LogP contribution in [-0.2, 0) is 20.8 Å². The largest absolute Gasteiger partial charge is 0.508 e. The fourth-order valence-corrected chi connectivity index (χ4v) is 5.70. The minimum atomic E-state index is -2.68. The second-order valence-corrected chi connectivity index (χ2v) is 9.22. The van der Waals surface area contributed by atoms with E-state index in [4.69, 9.17) is 5.73 Å². The molecular weight excluding hydrogens is 444 g/mol. The molecule has 1 aromatic rings. The van der Waals surface area contributed by atoms with Gasteiger partial charge in [0.2, 0.25) is 5.78 Å². The number of ketones is 3. The molecule has 3 aliphatic rings. The molecule has 0 radical (unpaired) electrons.